The van der Waals surface area contributed by atoms with Crippen molar-refractivity contribution in [3.8, 4) is 0 Å². The molecular formula is C26H35NO4. The Labute approximate surface area is 185 Å². The van der Waals surface area contributed by atoms with Gasteiger partial charge in [0.05, 0.1) is 20.6 Å². The Bertz CT molecular complexity index is 865. The molecule has 31 heavy (non-hydrogen) atoms. The van der Waals surface area contributed by atoms with Crippen LogP contribution in [0.5, 0.6) is 0 Å². The van der Waals surface area contributed by atoms with Gasteiger partial charge in [0, 0.05) is 18.8 Å². The van der Waals surface area contributed by atoms with Gasteiger partial charge in [0.1, 0.15) is 0 Å². The number of aromatic nitrogens is 1. The predicted octanol–water partition coefficient (Wildman–Crippen LogP) is 5.06. The molecule has 0 amide bonds. The lowest BCUT2D eigenvalue weighted by Crippen LogP contribution is -2.52. The average Bonchev–Trinajstić information content (AvgIpc) is 3.13. The number of pyridine rings is 1. The monoisotopic (exact) mass is 425 g/mol. The number of esters is 2. The van der Waals surface area contributed by atoms with E-state index in [1.165, 1.54) is 25.4 Å². The van der Waals surface area contributed by atoms with Gasteiger partial charge in [-0.1, -0.05) is 26.0 Å². The summed E-state index contributed by atoms with van der Waals surface area (Å²) in [4.78, 5) is 29.0. The minimum atomic E-state index is -0.247. The molecule has 2 saturated carbocycles. The van der Waals surface area contributed by atoms with Crippen LogP contribution in [0.1, 0.15) is 64.4 Å². The minimum Gasteiger partial charge on any atom is -0.469 e. The van der Waals surface area contributed by atoms with Crippen molar-refractivity contribution in [3.63, 3.8) is 0 Å². The summed E-state index contributed by atoms with van der Waals surface area (Å²) in [7, 11) is 2.90. The van der Waals surface area contributed by atoms with Gasteiger partial charge in [0.2, 0.25) is 0 Å². The van der Waals surface area contributed by atoms with Crippen LogP contribution < -0.4 is 0 Å². The third kappa shape index (κ3) is 3.70. The van der Waals surface area contributed by atoms with E-state index in [2.05, 4.69) is 31.0 Å². The van der Waals surface area contributed by atoms with Crippen molar-refractivity contribution in [2.45, 2.75) is 58.8 Å². The molecule has 5 heteroatoms. The summed E-state index contributed by atoms with van der Waals surface area (Å²) in [5.41, 5.74) is 2.58. The molecule has 3 aliphatic rings. The van der Waals surface area contributed by atoms with Crippen molar-refractivity contribution >= 4 is 17.5 Å². The molecule has 1 heterocycles. The van der Waals surface area contributed by atoms with E-state index in [1.54, 1.807) is 0 Å². The van der Waals surface area contributed by atoms with Crippen molar-refractivity contribution in [2.75, 3.05) is 14.2 Å². The van der Waals surface area contributed by atoms with Crippen molar-refractivity contribution < 1.29 is 19.1 Å². The van der Waals surface area contributed by atoms with E-state index < -0.39 is 0 Å². The highest BCUT2D eigenvalue weighted by atomic mass is 16.5. The lowest BCUT2D eigenvalue weighted by atomic mass is 9.46. The van der Waals surface area contributed by atoms with Gasteiger partial charge < -0.3 is 9.47 Å². The molecule has 0 aliphatic heterocycles. The van der Waals surface area contributed by atoms with Gasteiger partial charge >= 0.3 is 11.9 Å². The standard InChI is InChI=1S/C26H35NO4/c1-25-12-11-22-19(21(25)10-9-20(25)17-6-5-13-27-16-17)8-7-18(14-23(28)30-3)26(22,2)15-24(29)31-4/h5-6,9,13,16,18-19,21-22H,7-8,10-12,14-15H2,1-4H3. The van der Waals surface area contributed by atoms with E-state index in [0.717, 1.165) is 32.1 Å². The first-order valence-corrected chi connectivity index (χ1v) is 11.6. The molecule has 2 fully saturated rings. The van der Waals surface area contributed by atoms with Crippen molar-refractivity contribution in [2.24, 2.45) is 34.5 Å². The van der Waals surface area contributed by atoms with Crippen LogP contribution in [0.2, 0.25) is 0 Å². The summed E-state index contributed by atoms with van der Waals surface area (Å²) < 4.78 is 10.1. The molecule has 6 atom stereocenters. The zero-order valence-corrected chi connectivity index (χ0v) is 19.2. The summed E-state index contributed by atoms with van der Waals surface area (Å²) in [6, 6.07) is 4.19. The zero-order chi connectivity index (χ0) is 22.2. The maximum absolute atomic E-state index is 12.4. The highest BCUT2D eigenvalue weighted by molar-refractivity contribution is 5.73. The predicted molar refractivity (Wildman–Crippen MR) is 119 cm³/mol. The lowest BCUT2D eigenvalue weighted by molar-refractivity contribution is -0.157. The van der Waals surface area contributed by atoms with Gasteiger partial charge in [0.15, 0.2) is 0 Å². The zero-order valence-electron chi connectivity index (χ0n) is 19.2. The number of nitrogens with zero attached hydrogens (tertiary/aromatic N) is 1. The molecule has 6 unspecified atom stereocenters. The Balaban J connectivity index is 1.63. The number of ether oxygens (including phenoxy) is 2. The van der Waals surface area contributed by atoms with Gasteiger partial charge in [-0.05, 0) is 83.8 Å². The molecule has 4 rings (SSSR count). The SMILES string of the molecule is COC(=O)CC1CCC2C3CC=C(c4cccnc4)C3(C)CCC2C1(C)CC(=O)OC. The van der Waals surface area contributed by atoms with E-state index in [-0.39, 0.29) is 28.7 Å². The minimum absolute atomic E-state index is 0.144. The Hall–Kier alpha value is -2.17. The second-order valence-electron chi connectivity index (χ2n) is 10.2. The van der Waals surface area contributed by atoms with Crippen LogP contribution in [-0.4, -0.2) is 31.1 Å². The van der Waals surface area contributed by atoms with Crippen LogP contribution in [0.3, 0.4) is 0 Å². The number of methoxy groups -OCH3 is 2. The first kappa shape index (κ1) is 22.0. The van der Waals surface area contributed by atoms with E-state index >= 15 is 0 Å². The summed E-state index contributed by atoms with van der Waals surface area (Å²) >= 11 is 0. The molecule has 3 aliphatic carbocycles. The first-order chi connectivity index (χ1) is 14.8. The van der Waals surface area contributed by atoms with E-state index in [1.807, 2.05) is 18.5 Å². The molecule has 5 nitrogen and oxygen atoms in total. The third-order valence-electron chi connectivity index (χ3n) is 9.01. The van der Waals surface area contributed by atoms with Gasteiger partial charge in [-0.15, -0.1) is 0 Å². The number of rotatable bonds is 5. The summed E-state index contributed by atoms with van der Waals surface area (Å²) in [5.74, 6) is 1.32. The fourth-order valence-corrected chi connectivity index (χ4v) is 7.35. The van der Waals surface area contributed by atoms with Crippen LogP contribution in [0.15, 0.2) is 30.6 Å². The molecule has 0 bridgehead atoms. The van der Waals surface area contributed by atoms with Gasteiger partial charge in [-0.3, -0.25) is 14.6 Å². The molecule has 0 spiro atoms. The Morgan fingerprint density at radius 3 is 2.55 bits per heavy atom. The first-order valence-electron chi connectivity index (χ1n) is 11.6. The lowest BCUT2D eigenvalue weighted by Gasteiger charge is -2.58. The van der Waals surface area contributed by atoms with Crippen molar-refractivity contribution in [1.29, 1.82) is 0 Å². The Morgan fingerprint density at radius 1 is 1.10 bits per heavy atom. The van der Waals surface area contributed by atoms with Crippen LogP contribution in [0.25, 0.3) is 5.57 Å². The quantitative estimate of drug-likeness (QED) is 0.617. The summed E-state index contributed by atoms with van der Waals surface area (Å²) in [6.07, 6.45) is 12.3. The second-order valence-corrected chi connectivity index (χ2v) is 10.2. The highest BCUT2D eigenvalue weighted by Crippen LogP contribution is 2.66. The van der Waals surface area contributed by atoms with Gasteiger partial charge in [-0.25, -0.2) is 0 Å². The van der Waals surface area contributed by atoms with Crippen molar-refractivity contribution in [1.82, 2.24) is 4.98 Å². The number of hydrogen-bond donors (Lipinski definition) is 0. The summed E-state index contributed by atoms with van der Waals surface area (Å²) in [5, 5.41) is 0. The van der Waals surface area contributed by atoms with Crippen LogP contribution >= 0.6 is 0 Å². The van der Waals surface area contributed by atoms with E-state index in [4.69, 9.17) is 9.47 Å². The van der Waals surface area contributed by atoms with Gasteiger partial charge in [-0.2, -0.15) is 0 Å². The smallest absolute Gasteiger partial charge is 0.306 e. The number of carbonyl (C=O) groups excluding carboxylic acids is 2. The van der Waals surface area contributed by atoms with Gasteiger partial charge in [0.25, 0.3) is 0 Å². The molecule has 1 aromatic heterocycles. The largest absolute Gasteiger partial charge is 0.469 e. The molecule has 0 aromatic carbocycles. The van der Waals surface area contributed by atoms with E-state index in [9.17, 15) is 9.59 Å². The average molecular weight is 426 g/mol. The Morgan fingerprint density at radius 2 is 1.87 bits per heavy atom. The number of hydrogen-bond acceptors (Lipinski definition) is 5. The molecular weight excluding hydrogens is 390 g/mol. The fourth-order valence-electron chi connectivity index (χ4n) is 7.35. The molecule has 0 saturated heterocycles. The molecule has 0 radical (unpaired) electrons. The molecule has 168 valence electrons. The topological polar surface area (TPSA) is 65.5 Å². The van der Waals surface area contributed by atoms with E-state index in [0.29, 0.717) is 30.6 Å². The maximum Gasteiger partial charge on any atom is 0.306 e. The number of allylic oxidation sites excluding steroid dienone is 2. The third-order valence-corrected chi connectivity index (χ3v) is 9.01. The number of carbonyl (C=O) groups is 2. The summed E-state index contributed by atoms with van der Waals surface area (Å²) in [6.45, 7) is 4.65. The number of fused-ring (bicyclic) bond motifs is 3. The Kier molecular flexibility index (Phi) is 5.97. The van der Waals surface area contributed by atoms with Crippen LogP contribution in [-0.2, 0) is 19.1 Å². The molecule has 1 aromatic rings. The normalized spacial score (nSPS) is 36.7. The highest BCUT2D eigenvalue weighted by Gasteiger charge is 2.58. The van der Waals surface area contributed by atoms with Crippen LogP contribution in [0.4, 0.5) is 0 Å². The molecule has 0 N–H and O–H groups in total. The second kappa shape index (κ2) is 8.40. The fraction of sp³-hybridized carbons (Fsp3) is 0.654. The maximum atomic E-state index is 12.4. The van der Waals surface area contributed by atoms with Crippen LogP contribution in [0, 0.1) is 34.5 Å². The van der Waals surface area contributed by atoms with Crippen molar-refractivity contribution in [3.05, 3.63) is 36.2 Å².